The molecule has 1 amide bonds. The summed E-state index contributed by atoms with van der Waals surface area (Å²) >= 11 is 1.49. The number of hydrogen-bond acceptors (Lipinski definition) is 7. The second-order valence-electron chi connectivity index (χ2n) is 11.9. The highest BCUT2D eigenvalue weighted by molar-refractivity contribution is 7.13. The number of carbonyl (C=O) groups excluding carboxylic acids is 1. The quantitative estimate of drug-likeness (QED) is 0.268. The summed E-state index contributed by atoms with van der Waals surface area (Å²) in [5.74, 6) is 1.04. The predicted octanol–water partition coefficient (Wildman–Crippen LogP) is 6.38. The molecule has 0 saturated carbocycles. The van der Waals surface area contributed by atoms with Crippen molar-refractivity contribution in [1.82, 2.24) is 30.0 Å². The van der Waals surface area contributed by atoms with Crippen molar-refractivity contribution < 1.29 is 4.79 Å². The fourth-order valence-corrected chi connectivity index (χ4v) is 5.96. The van der Waals surface area contributed by atoms with Crippen molar-refractivity contribution in [2.24, 2.45) is 13.0 Å². The molecule has 9 heteroatoms. The molecule has 2 N–H and O–H groups in total. The van der Waals surface area contributed by atoms with Crippen LogP contribution < -0.4 is 10.6 Å². The zero-order valence-corrected chi connectivity index (χ0v) is 24.4. The Kier molecular flexibility index (Phi) is 7.29. The van der Waals surface area contributed by atoms with Crippen molar-refractivity contribution in [3.8, 4) is 11.3 Å². The number of nitrogens with one attached hydrogen (secondary N) is 2. The normalized spacial score (nSPS) is 16.9. The maximum Gasteiger partial charge on any atom is 0.263 e. The van der Waals surface area contributed by atoms with Crippen molar-refractivity contribution in [2.45, 2.75) is 71.3 Å². The summed E-state index contributed by atoms with van der Waals surface area (Å²) in [5, 5.41) is 11.9. The first kappa shape index (κ1) is 27.0. The minimum Gasteiger partial charge on any atom is -0.342 e. The van der Waals surface area contributed by atoms with Gasteiger partial charge in [-0.1, -0.05) is 46.8 Å². The molecular weight excluding hydrogens is 506 g/mol. The Labute approximate surface area is 234 Å². The Balaban J connectivity index is 1.42. The molecule has 8 nitrogen and oxygen atoms in total. The average molecular weight is 544 g/mol. The van der Waals surface area contributed by atoms with E-state index in [0.29, 0.717) is 16.7 Å². The Morgan fingerprint density at radius 3 is 2.69 bits per heavy atom. The summed E-state index contributed by atoms with van der Waals surface area (Å²) in [6.07, 6.45) is 10.8. The lowest BCUT2D eigenvalue weighted by atomic mass is 9.84. The van der Waals surface area contributed by atoms with E-state index in [2.05, 4.69) is 78.5 Å². The third-order valence-corrected chi connectivity index (χ3v) is 8.65. The molecule has 0 aliphatic heterocycles. The minimum atomic E-state index is -0.389. The average Bonchev–Trinajstić information content (AvgIpc) is 3.62. The van der Waals surface area contributed by atoms with Gasteiger partial charge in [-0.2, -0.15) is 5.10 Å². The highest BCUT2D eigenvalue weighted by Gasteiger charge is 2.40. The molecule has 0 saturated heterocycles. The predicted molar refractivity (Wildman–Crippen MR) is 156 cm³/mol. The van der Waals surface area contributed by atoms with Gasteiger partial charge in [-0.05, 0) is 54.9 Å². The third-order valence-electron chi connectivity index (χ3n) is 7.23. The number of anilines is 2. The van der Waals surface area contributed by atoms with Crippen LogP contribution in [0.5, 0.6) is 0 Å². The number of carbonyl (C=O) groups is 1. The Morgan fingerprint density at radius 1 is 1.18 bits per heavy atom. The zero-order valence-electron chi connectivity index (χ0n) is 23.6. The molecule has 39 heavy (non-hydrogen) atoms. The van der Waals surface area contributed by atoms with Crippen molar-refractivity contribution in [3.05, 3.63) is 70.1 Å². The van der Waals surface area contributed by atoms with Crippen LogP contribution in [-0.4, -0.2) is 30.6 Å². The number of benzene rings is 1. The minimum absolute atomic E-state index is 0.0365. The maximum absolute atomic E-state index is 13.5. The molecule has 1 unspecified atom stereocenters. The van der Waals surface area contributed by atoms with Crippen LogP contribution in [0.3, 0.4) is 0 Å². The van der Waals surface area contributed by atoms with Crippen LogP contribution >= 0.6 is 11.3 Å². The highest BCUT2D eigenvalue weighted by Crippen LogP contribution is 2.43. The van der Waals surface area contributed by atoms with E-state index in [-0.39, 0.29) is 16.9 Å². The van der Waals surface area contributed by atoms with Crippen LogP contribution in [0.15, 0.2) is 49.1 Å². The van der Waals surface area contributed by atoms with Crippen LogP contribution in [0.2, 0.25) is 0 Å². The van der Waals surface area contributed by atoms with E-state index in [4.69, 9.17) is 4.98 Å². The molecule has 1 aliphatic carbocycles. The van der Waals surface area contributed by atoms with Crippen molar-refractivity contribution >= 4 is 28.9 Å². The van der Waals surface area contributed by atoms with Crippen LogP contribution in [-0.2, 0) is 24.4 Å². The number of rotatable bonds is 8. The molecule has 4 aromatic rings. The first-order valence-electron chi connectivity index (χ1n) is 13.5. The molecule has 0 spiro atoms. The number of aromatic nitrogens is 5. The van der Waals surface area contributed by atoms with Gasteiger partial charge in [0.1, 0.15) is 4.88 Å². The first-order chi connectivity index (χ1) is 18.5. The van der Waals surface area contributed by atoms with Gasteiger partial charge in [-0.25, -0.2) is 15.0 Å². The summed E-state index contributed by atoms with van der Waals surface area (Å²) in [6.45, 7) is 10.8. The van der Waals surface area contributed by atoms with Crippen LogP contribution in [0, 0.1) is 5.92 Å². The van der Waals surface area contributed by atoms with E-state index < -0.39 is 0 Å². The number of amides is 1. The van der Waals surface area contributed by atoms with Gasteiger partial charge < -0.3 is 10.6 Å². The lowest BCUT2D eigenvalue weighted by molar-refractivity contribution is 0.0890. The summed E-state index contributed by atoms with van der Waals surface area (Å²) in [7, 11) is 1.87. The summed E-state index contributed by atoms with van der Waals surface area (Å²) in [5.41, 5.74) is 4.73. The number of thiazole rings is 1. The Morgan fingerprint density at radius 2 is 2.00 bits per heavy atom. The third kappa shape index (κ3) is 5.88. The Bertz CT molecular complexity index is 1480. The number of aryl methyl sites for hydroxylation is 2. The van der Waals surface area contributed by atoms with E-state index >= 15 is 0 Å². The van der Waals surface area contributed by atoms with E-state index in [9.17, 15) is 4.79 Å². The van der Waals surface area contributed by atoms with Crippen LogP contribution in [0.25, 0.3) is 11.3 Å². The Hall–Kier alpha value is -3.59. The first-order valence-corrected chi connectivity index (χ1v) is 14.4. The number of nitrogens with zero attached hydrogens (tertiary/aromatic N) is 5. The van der Waals surface area contributed by atoms with Gasteiger partial charge in [0.25, 0.3) is 5.91 Å². The highest BCUT2D eigenvalue weighted by atomic mass is 32.1. The monoisotopic (exact) mass is 543 g/mol. The van der Waals surface area contributed by atoms with Gasteiger partial charge in [0.05, 0.1) is 34.3 Å². The molecule has 3 aromatic heterocycles. The molecule has 204 valence electrons. The number of hydrogen-bond donors (Lipinski definition) is 2. The van der Waals surface area contributed by atoms with Gasteiger partial charge in [-0.3, -0.25) is 9.48 Å². The molecular formula is C30H37N7OS. The molecule has 1 aliphatic rings. The second kappa shape index (κ2) is 10.5. The molecule has 5 rings (SSSR count). The summed E-state index contributed by atoms with van der Waals surface area (Å²) in [6, 6.07) is 8.44. The topological polar surface area (TPSA) is 97.6 Å². The molecule has 1 atom stereocenters. The van der Waals surface area contributed by atoms with Gasteiger partial charge in [0, 0.05) is 30.4 Å². The molecule has 1 aromatic carbocycles. The van der Waals surface area contributed by atoms with Crippen LogP contribution in [0.1, 0.15) is 79.7 Å². The zero-order chi connectivity index (χ0) is 27.8. The van der Waals surface area contributed by atoms with Crippen molar-refractivity contribution in [3.63, 3.8) is 0 Å². The van der Waals surface area contributed by atoms with Crippen molar-refractivity contribution in [2.75, 3.05) is 5.32 Å². The van der Waals surface area contributed by atoms with E-state index in [1.807, 2.05) is 19.3 Å². The molecule has 0 bridgehead atoms. The van der Waals surface area contributed by atoms with Crippen LogP contribution in [0.4, 0.5) is 11.6 Å². The maximum atomic E-state index is 13.5. The smallest absolute Gasteiger partial charge is 0.263 e. The van der Waals surface area contributed by atoms with Gasteiger partial charge in [-0.15, -0.1) is 11.3 Å². The van der Waals surface area contributed by atoms with E-state index in [1.54, 1.807) is 23.3 Å². The van der Waals surface area contributed by atoms with E-state index in [1.165, 1.54) is 22.5 Å². The lowest BCUT2D eigenvalue weighted by Crippen LogP contribution is -2.44. The van der Waals surface area contributed by atoms with Gasteiger partial charge >= 0.3 is 0 Å². The largest absolute Gasteiger partial charge is 0.342 e. The van der Waals surface area contributed by atoms with Gasteiger partial charge in [0.15, 0.2) is 0 Å². The SMILES string of the molecule is CC(C)CCC1(NC(=O)c2cnc(C(C)(C)C)s2)CCc2cc(-c3ccnc(Nc4cnn(C)c4)n3)ccc21. The molecule has 0 fully saturated rings. The fraction of sp³-hybridized carbons (Fsp3) is 0.433. The summed E-state index contributed by atoms with van der Waals surface area (Å²) in [4.78, 5) is 27.8. The fourth-order valence-electron chi connectivity index (χ4n) is 5.10. The van der Waals surface area contributed by atoms with Gasteiger partial charge in [0.2, 0.25) is 5.95 Å². The summed E-state index contributed by atoms with van der Waals surface area (Å²) < 4.78 is 1.73. The molecule has 3 heterocycles. The lowest BCUT2D eigenvalue weighted by Gasteiger charge is -2.32. The van der Waals surface area contributed by atoms with Crippen molar-refractivity contribution in [1.29, 1.82) is 0 Å². The second-order valence-corrected chi connectivity index (χ2v) is 12.9. The molecule has 0 radical (unpaired) electrons. The standard InChI is InChI=1S/C30H37N7OS/c1-19(2)9-12-30(36-26(38)25-17-32-27(39-25)29(3,4)5)13-10-20-15-21(7-8-23(20)30)24-11-14-31-28(35-24)34-22-16-33-37(6)18-22/h7-8,11,14-19H,9-10,12-13H2,1-6H3,(H,36,38)(H,31,34,35). The van der Waals surface area contributed by atoms with E-state index in [0.717, 1.165) is 47.6 Å². The number of fused-ring (bicyclic) bond motifs is 1.